The van der Waals surface area contributed by atoms with Gasteiger partial charge in [-0.3, -0.25) is 9.52 Å². The van der Waals surface area contributed by atoms with Gasteiger partial charge in [-0.15, -0.1) is 0 Å². The van der Waals surface area contributed by atoms with E-state index in [-0.39, 0.29) is 28.1 Å². The molecule has 0 saturated carbocycles. The summed E-state index contributed by atoms with van der Waals surface area (Å²) in [6.45, 7) is 3.69. The van der Waals surface area contributed by atoms with Crippen LogP contribution >= 0.6 is 0 Å². The van der Waals surface area contributed by atoms with Crippen LogP contribution in [-0.2, 0) is 14.8 Å². The maximum Gasteiger partial charge on any atom is 0.340 e. The van der Waals surface area contributed by atoms with Gasteiger partial charge in [0.2, 0.25) is 0 Å². The summed E-state index contributed by atoms with van der Waals surface area (Å²) in [5, 5.41) is 0.891. The minimum absolute atomic E-state index is 0.142. The summed E-state index contributed by atoms with van der Waals surface area (Å²) in [6, 6.07) is 11.3. The average Bonchev–Trinajstić information content (AvgIpc) is 3.15. The van der Waals surface area contributed by atoms with Crippen LogP contribution in [0.5, 0.6) is 0 Å². The Balaban J connectivity index is 1.86. The molecular weight excluding hydrogens is 406 g/mol. The zero-order chi connectivity index (χ0) is 21.5. The molecular formula is C21H19N3O5S. The van der Waals surface area contributed by atoms with Crippen molar-refractivity contribution in [3.05, 3.63) is 70.1 Å². The molecule has 0 bridgehead atoms. The van der Waals surface area contributed by atoms with Gasteiger partial charge in [0, 0.05) is 28.2 Å². The Bertz CT molecular complexity index is 1450. The van der Waals surface area contributed by atoms with Gasteiger partial charge in [0.15, 0.2) is 0 Å². The van der Waals surface area contributed by atoms with Crippen LogP contribution < -0.4 is 10.3 Å². The van der Waals surface area contributed by atoms with Crippen LogP contribution in [0.25, 0.3) is 21.8 Å². The number of ether oxygens (including phenoxy) is 1. The topological polar surface area (TPSA) is 121 Å². The van der Waals surface area contributed by atoms with Gasteiger partial charge >= 0.3 is 5.97 Å². The number of aromatic nitrogens is 2. The smallest absolute Gasteiger partial charge is 0.340 e. The molecule has 9 heteroatoms. The first-order valence-corrected chi connectivity index (χ1v) is 10.7. The van der Waals surface area contributed by atoms with Crippen LogP contribution in [0.15, 0.2) is 58.4 Å². The van der Waals surface area contributed by atoms with Crippen LogP contribution in [0.2, 0.25) is 0 Å². The second-order valence-corrected chi connectivity index (χ2v) is 8.49. The van der Waals surface area contributed by atoms with Crippen molar-refractivity contribution in [3.8, 4) is 0 Å². The third-order valence-electron chi connectivity index (χ3n) is 4.69. The third kappa shape index (κ3) is 3.43. The van der Waals surface area contributed by atoms with Crippen LogP contribution in [-0.4, -0.2) is 31.0 Å². The molecule has 154 valence electrons. The summed E-state index contributed by atoms with van der Waals surface area (Å²) in [4.78, 5) is 30.4. The summed E-state index contributed by atoms with van der Waals surface area (Å²) in [6.07, 6.45) is 1.42. The first-order chi connectivity index (χ1) is 14.3. The largest absolute Gasteiger partial charge is 0.462 e. The summed E-state index contributed by atoms with van der Waals surface area (Å²) in [7, 11) is -3.81. The number of pyridine rings is 1. The van der Waals surface area contributed by atoms with Gasteiger partial charge in [-0.25, -0.2) is 13.2 Å². The standard InChI is InChI=1S/C21H19N3O5S/c1-3-29-21(26)16-11-22-19-18(16)15-10-13(7-8-17(15)23-20(19)25)24-30(27,28)14-6-4-5-12(2)9-14/h4-11,22,24H,3H2,1-2H3,(H,23,25). The van der Waals surface area contributed by atoms with Crippen LogP contribution in [0.1, 0.15) is 22.8 Å². The average molecular weight is 425 g/mol. The highest BCUT2D eigenvalue weighted by molar-refractivity contribution is 7.92. The van der Waals surface area contributed by atoms with Crippen molar-refractivity contribution in [1.82, 2.24) is 9.97 Å². The molecule has 0 spiro atoms. The van der Waals surface area contributed by atoms with E-state index >= 15 is 0 Å². The summed E-state index contributed by atoms with van der Waals surface area (Å²) < 4.78 is 33.2. The van der Waals surface area contributed by atoms with E-state index in [4.69, 9.17) is 4.74 Å². The van der Waals surface area contributed by atoms with E-state index in [0.29, 0.717) is 22.0 Å². The fourth-order valence-electron chi connectivity index (χ4n) is 3.36. The minimum atomic E-state index is -3.81. The number of carbonyl (C=O) groups excluding carboxylic acids is 1. The van der Waals surface area contributed by atoms with E-state index in [9.17, 15) is 18.0 Å². The molecule has 8 nitrogen and oxygen atoms in total. The van der Waals surface area contributed by atoms with Crippen LogP contribution in [0, 0.1) is 6.92 Å². The van der Waals surface area contributed by atoms with E-state index in [1.165, 1.54) is 12.3 Å². The molecule has 0 unspecified atom stereocenters. The molecule has 4 aromatic rings. The number of hydrogen-bond donors (Lipinski definition) is 3. The summed E-state index contributed by atoms with van der Waals surface area (Å²) in [5.74, 6) is -0.568. The molecule has 4 rings (SSSR count). The lowest BCUT2D eigenvalue weighted by Gasteiger charge is -2.10. The fraction of sp³-hybridized carbons (Fsp3) is 0.143. The molecule has 0 aliphatic rings. The zero-order valence-corrected chi connectivity index (χ0v) is 17.1. The number of benzene rings is 2. The third-order valence-corrected chi connectivity index (χ3v) is 6.07. The van der Waals surface area contributed by atoms with Crippen molar-refractivity contribution in [2.24, 2.45) is 0 Å². The lowest BCUT2D eigenvalue weighted by Crippen LogP contribution is -2.13. The Labute approximate surface area is 171 Å². The van der Waals surface area contributed by atoms with Gasteiger partial charge in [-0.2, -0.15) is 0 Å². The number of nitrogens with one attached hydrogen (secondary N) is 3. The fourth-order valence-corrected chi connectivity index (χ4v) is 4.51. The molecule has 0 atom stereocenters. The number of rotatable bonds is 5. The number of esters is 1. The number of fused-ring (bicyclic) bond motifs is 3. The van der Waals surface area contributed by atoms with Crippen molar-refractivity contribution < 1.29 is 17.9 Å². The van der Waals surface area contributed by atoms with Crippen LogP contribution in [0.3, 0.4) is 0 Å². The Morgan fingerprint density at radius 2 is 1.97 bits per heavy atom. The number of aromatic amines is 2. The van der Waals surface area contributed by atoms with Gasteiger partial charge in [-0.05, 0) is 49.7 Å². The monoisotopic (exact) mass is 425 g/mol. The van der Waals surface area contributed by atoms with E-state index in [2.05, 4.69) is 14.7 Å². The first-order valence-electron chi connectivity index (χ1n) is 9.24. The lowest BCUT2D eigenvalue weighted by molar-refractivity contribution is 0.0529. The van der Waals surface area contributed by atoms with Gasteiger partial charge < -0.3 is 14.7 Å². The first kappa shape index (κ1) is 19.7. The van der Waals surface area contributed by atoms with Crippen molar-refractivity contribution in [1.29, 1.82) is 0 Å². The summed E-state index contributed by atoms with van der Waals surface area (Å²) in [5.41, 5.74) is 1.62. The molecule has 0 aliphatic carbocycles. The number of sulfonamides is 1. The Morgan fingerprint density at radius 1 is 1.17 bits per heavy atom. The molecule has 0 fully saturated rings. The highest BCUT2D eigenvalue weighted by atomic mass is 32.2. The molecule has 3 N–H and O–H groups in total. The molecule has 0 amide bonds. The molecule has 0 saturated heterocycles. The van der Waals surface area contributed by atoms with Crippen molar-refractivity contribution in [3.63, 3.8) is 0 Å². The number of anilines is 1. The van der Waals surface area contributed by atoms with Gasteiger partial charge in [-0.1, -0.05) is 12.1 Å². The van der Waals surface area contributed by atoms with E-state index in [0.717, 1.165) is 5.56 Å². The number of H-pyrrole nitrogens is 2. The minimum Gasteiger partial charge on any atom is -0.462 e. The number of carbonyl (C=O) groups is 1. The van der Waals surface area contributed by atoms with Crippen molar-refractivity contribution in [2.75, 3.05) is 11.3 Å². The Morgan fingerprint density at radius 3 is 2.70 bits per heavy atom. The predicted molar refractivity (Wildman–Crippen MR) is 114 cm³/mol. The molecule has 2 aromatic carbocycles. The Hall–Kier alpha value is -3.59. The van der Waals surface area contributed by atoms with Crippen molar-refractivity contribution in [2.45, 2.75) is 18.7 Å². The van der Waals surface area contributed by atoms with Crippen LogP contribution in [0.4, 0.5) is 5.69 Å². The highest BCUT2D eigenvalue weighted by Gasteiger charge is 2.19. The number of aryl methyl sites for hydroxylation is 1. The molecule has 0 radical (unpaired) electrons. The predicted octanol–water partition coefficient (Wildman–Crippen LogP) is 3.30. The second kappa shape index (κ2) is 7.34. The number of hydrogen-bond acceptors (Lipinski definition) is 5. The van der Waals surface area contributed by atoms with Crippen molar-refractivity contribution >= 4 is 43.5 Å². The maximum absolute atomic E-state index is 12.8. The van der Waals surface area contributed by atoms with Gasteiger partial charge in [0.25, 0.3) is 15.6 Å². The van der Waals surface area contributed by atoms with E-state index < -0.39 is 16.0 Å². The molecule has 30 heavy (non-hydrogen) atoms. The molecule has 0 aliphatic heterocycles. The maximum atomic E-state index is 12.8. The van der Waals surface area contributed by atoms with Gasteiger partial charge in [0.05, 0.1) is 17.1 Å². The Kier molecular flexibility index (Phi) is 4.83. The highest BCUT2D eigenvalue weighted by Crippen LogP contribution is 2.28. The molecule has 2 heterocycles. The van der Waals surface area contributed by atoms with E-state index in [1.54, 1.807) is 37.3 Å². The van der Waals surface area contributed by atoms with Gasteiger partial charge in [0.1, 0.15) is 5.52 Å². The normalized spacial score (nSPS) is 11.7. The SMILES string of the molecule is CCOC(=O)c1c[nH]c2c(=O)[nH]c3ccc(NS(=O)(=O)c4cccc(C)c4)cc3c12. The quantitative estimate of drug-likeness (QED) is 0.424. The zero-order valence-electron chi connectivity index (χ0n) is 16.3. The lowest BCUT2D eigenvalue weighted by atomic mass is 10.1. The summed E-state index contributed by atoms with van der Waals surface area (Å²) >= 11 is 0. The molecule has 2 aromatic heterocycles. The van der Waals surface area contributed by atoms with E-state index in [1.807, 2.05) is 13.0 Å². The second-order valence-electron chi connectivity index (χ2n) is 6.81.